The molecule has 0 aliphatic heterocycles. The van der Waals surface area contributed by atoms with Gasteiger partial charge in [0.25, 0.3) is 0 Å². The Morgan fingerprint density at radius 3 is 2.82 bits per heavy atom. The van der Waals surface area contributed by atoms with Crippen molar-refractivity contribution in [3.63, 3.8) is 0 Å². The first-order valence-electron chi connectivity index (χ1n) is 5.88. The van der Waals surface area contributed by atoms with E-state index in [-0.39, 0.29) is 0 Å². The quantitative estimate of drug-likeness (QED) is 0.803. The fourth-order valence-electron chi connectivity index (χ4n) is 1.32. The summed E-state index contributed by atoms with van der Waals surface area (Å²) in [5.41, 5.74) is 0.993. The van der Waals surface area contributed by atoms with Crippen LogP contribution in [-0.2, 0) is 6.54 Å². The van der Waals surface area contributed by atoms with Crippen LogP contribution < -0.4 is 10.2 Å². The normalized spacial score (nSPS) is 10.9. The van der Waals surface area contributed by atoms with Crippen LogP contribution in [0, 0.1) is 0 Å². The molecule has 0 saturated heterocycles. The Morgan fingerprint density at radius 2 is 2.18 bits per heavy atom. The zero-order chi connectivity index (χ0) is 12.7. The number of nitrogens with zero attached hydrogens (tertiary/aromatic N) is 3. The summed E-state index contributed by atoms with van der Waals surface area (Å²) in [5, 5.41) is 3.35. The molecule has 0 amide bonds. The molecule has 17 heavy (non-hydrogen) atoms. The standard InChI is InChI=1S/C12H22N4S/c1-10(2)14-8-11-7-13-9-12(15-11)16(3)5-6-17-4/h7,9-10,14H,5-6,8H2,1-4H3. The molecule has 0 aliphatic rings. The van der Waals surface area contributed by atoms with Crippen molar-refractivity contribution in [1.29, 1.82) is 0 Å². The highest BCUT2D eigenvalue weighted by Crippen LogP contribution is 2.08. The van der Waals surface area contributed by atoms with E-state index in [1.54, 1.807) is 0 Å². The van der Waals surface area contributed by atoms with E-state index >= 15 is 0 Å². The maximum Gasteiger partial charge on any atom is 0.147 e. The topological polar surface area (TPSA) is 41.1 Å². The maximum atomic E-state index is 4.59. The van der Waals surface area contributed by atoms with Crippen LogP contribution in [0.3, 0.4) is 0 Å². The fraction of sp³-hybridized carbons (Fsp3) is 0.667. The van der Waals surface area contributed by atoms with Gasteiger partial charge >= 0.3 is 0 Å². The van der Waals surface area contributed by atoms with Crippen LogP contribution >= 0.6 is 11.8 Å². The van der Waals surface area contributed by atoms with Crippen molar-refractivity contribution >= 4 is 17.6 Å². The summed E-state index contributed by atoms with van der Waals surface area (Å²) in [5.74, 6) is 2.05. The summed E-state index contributed by atoms with van der Waals surface area (Å²) in [6.07, 6.45) is 5.75. The zero-order valence-corrected chi connectivity index (χ0v) is 11.9. The Morgan fingerprint density at radius 1 is 1.41 bits per heavy atom. The van der Waals surface area contributed by atoms with Crippen LogP contribution in [0.25, 0.3) is 0 Å². The van der Waals surface area contributed by atoms with Crippen LogP contribution in [0.15, 0.2) is 12.4 Å². The predicted molar refractivity (Wildman–Crippen MR) is 75.7 cm³/mol. The van der Waals surface area contributed by atoms with Crippen molar-refractivity contribution in [3.8, 4) is 0 Å². The van der Waals surface area contributed by atoms with Crippen molar-refractivity contribution in [3.05, 3.63) is 18.1 Å². The van der Waals surface area contributed by atoms with Gasteiger partial charge in [0, 0.05) is 38.1 Å². The van der Waals surface area contributed by atoms with E-state index in [2.05, 4.69) is 47.3 Å². The molecule has 1 heterocycles. The van der Waals surface area contributed by atoms with Crippen LogP contribution in [-0.4, -0.2) is 41.6 Å². The van der Waals surface area contributed by atoms with Crippen molar-refractivity contribution in [2.75, 3.05) is 30.5 Å². The lowest BCUT2D eigenvalue weighted by Gasteiger charge is -2.17. The molecule has 0 saturated carbocycles. The van der Waals surface area contributed by atoms with Crippen LogP contribution in [0.5, 0.6) is 0 Å². The first-order chi connectivity index (χ1) is 8.13. The van der Waals surface area contributed by atoms with E-state index < -0.39 is 0 Å². The Kier molecular flexibility index (Phi) is 6.29. The van der Waals surface area contributed by atoms with Gasteiger partial charge in [0.2, 0.25) is 0 Å². The fourth-order valence-corrected chi connectivity index (χ4v) is 1.77. The highest BCUT2D eigenvalue weighted by Gasteiger charge is 2.04. The van der Waals surface area contributed by atoms with E-state index in [9.17, 15) is 0 Å². The summed E-state index contributed by atoms with van der Waals surface area (Å²) in [6.45, 7) is 6.02. The number of nitrogens with one attached hydrogen (secondary N) is 1. The molecule has 0 aromatic carbocycles. The SMILES string of the molecule is CSCCN(C)c1cncc(CNC(C)C)n1. The Hall–Kier alpha value is -0.810. The molecule has 0 spiro atoms. The second kappa shape index (κ2) is 7.50. The number of thioether (sulfide) groups is 1. The van der Waals surface area contributed by atoms with E-state index in [4.69, 9.17) is 0 Å². The minimum atomic E-state index is 0.467. The Bertz CT molecular complexity index is 330. The van der Waals surface area contributed by atoms with Gasteiger partial charge in [-0.1, -0.05) is 13.8 Å². The summed E-state index contributed by atoms with van der Waals surface area (Å²) < 4.78 is 0. The number of hydrogen-bond acceptors (Lipinski definition) is 5. The van der Waals surface area contributed by atoms with E-state index in [1.165, 1.54) is 0 Å². The van der Waals surface area contributed by atoms with E-state index in [1.807, 2.05) is 24.2 Å². The monoisotopic (exact) mass is 254 g/mol. The molecule has 0 aliphatic carbocycles. The third-order valence-electron chi connectivity index (χ3n) is 2.39. The van der Waals surface area contributed by atoms with Gasteiger partial charge < -0.3 is 10.2 Å². The molecule has 0 bridgehead atoms. The minimum Gasteiger partial charge on any atom is -0.358 e. The average Bonchev–Trinajstić information content (AvgIpc) is 2.33. The lowest BCUT2D eigenvalue weighted by Crippen LogP contribution is -2.25. The number of anilines is 1. The van der Waals surface area contributed by atoms with Crippen molar-refractivity contribution < 1.29 is 0 Å². The Labute approximate surface area is 108 Å². The largest absolute Gasteiger partial charge is 0.358 e. The van der Waals surface area contributed by atoms with Crippen molar-refractivity contribution in [2.45, 2.75) is 26.4 Å². The number of rotatable bonds is 7. The summed E-state index contributed by atoms with van der Waals surface area (Å²) in [7, 11) is 2.06. The molecule has 4 nitrogen and oxygen atoms in total. The zero-order valence-electron chi connectivity index (χ0n) is 11.1. The van der Waals surface area contributed by atoms with Gasteiger partial charge in [0.05, 0.1) is 11.9 Å². The lowest BCUT2D eigenvalue weighted by atomic mass is 10.3. The number of hydrogen-bond donors (Lipinski definition) is 1. The van der Waals surface area contributed by atoms with E-state index in [0.29, 0.717) is 6.04 Å². The molecule has 0 radical (unpaired) electrons. The summed E-state index contributed by atoms with van der Waals surface area (Å²) in [4.78, 5) is 11.0. The van der Waals surface area contributed by atoms with Crippen molar-refractivity contribution in [2.24, 2.45) is 0 Å². The van der Waals surface area contributed by atoms with Crippen LogP contribution in [0.4, 0.5) is 5.82 Å². The molecule has 1 aromatic rings. The molecule has 1 rings (SSSR count). The highest BCUT2D eigenvalue weighted by molar-refractivity contribution is 7.98. The first-order valence-corrected chi connectivity index (χ1v) is 7.27. The molecule has 1 N–H and O–H groups in total. The van der Waals surface area contributed by atoms with Gasteiger partial charge in [-0.25, -0.2) is 4.98 Å². The highest BCUT2D eigenvalue weighted by atomic mass is 32.2. The summed E-state index contributed by atoms with van der Waals surface area (Å²) in [6, 6.07) is 0.467. The van der Waals surface area contributed by atoms with Gasteiger partial charge in [-0.15, -0.1) is 0 Å². The smallest absolute Gasteiger partial charge is 0.147 e. The third-order valence-corrected chi connectivity index (χ3v) is 2.98. The molecule has 5 heteroatoms. The van der Waals surface area contributed by atoms with Crippen LogP contribution in [0.1, 0.15) is 19.5 Å². The first kappa shape index (κ1) is 14.3. The van der Waals surface area contributed by atoms with Gasteiger partial charge in [0.15, 0.2) is 0 Å². The lowest BCUT2D eigenvalue weighted by molar-refractivity contribution is 0.580. The van der Waals surface area contributed by atoms with Gasteiger partial charge in [-0.2, -0.15) is 11.8 Å². The molecule has 0 atom stereocenters. The second-order valence-corrected chi connectivity index (χ2v) is 5.30. The van der Waals surface area contributed by atoms with Gasteiger partial charge in [-0.3, -0.25) is 4.98 Å². The molecular weight excluding hydrogens is 232 g/mol. The van der Waals surface area contributed by atoms with Crippen molar-refractivity contribution in [1.82, 2.24) is 15.3 Å². The van der Waals surface area contributed by atoms with Gasteiger partial charge in [-0.05, 0) is 6.26 Å². The predicted octanol–water partition coefficient (Wildman–Crippen LogP) is 1.77. The van der Waals surface area contributed by atoms with Gasteiger partial charge in [0.1, 0.15) is 5.82 Å². The van der Waals surface area contributed by atoms with E-state index in [0.717, 1.165) is 30.4 Å². The summed E-state index contributed by atoms with van der Waals surface area (Å²) >= 11 is 1.84. The molecule has 0 unspecified atom stereocenters. The van der Waals surface area contributed by atoms with Crippen LogP contribution in [0.2, 0.25) is 0 Å². The Balaban J connectivity index is 2.58. The number of aromatic nitrogens is 2. The molecule has 96 valence electrons. The third kappa shape index (κ3) is 5.37. The molecular formula is C12H22N4S. The average molecular weight is 254 g/mol. The molecule has 0 fully saturated rings. The maximum absolute atomic E-state index is 4.59. The minimum absolute atomic E-state index is 0.467. The molecule has 1 aromatic heterocycles. The second-order valence-electron chi connectivity index (χ2n) is 4.32.